The van der Waals surface area contributed by atoms with Gasteiger partial charge in [-0.25, -0.2) is 4.79 Å². The number of carbonyl (C=O) groups excluding carboxylic acids is 1. The molecule has 17 heavy (non-hydrogen) atoms. The molecule has 7 nitrogen and oxygen atoms in total. The van der Waals surface area contributed by atoms with E-state index in [9.17, 15) is 9.59 Å². The zero-order chi connectivity index (χ0) is 12.4. The van der Waals surface area contributed by atoms with Crippen molar-refractivity contribution in [3.05, 3.63) is 18.0 Å². The molecule has 1 aliphatic heterocycles. The first kappa shape index (κ1) is 11.6. The van der Waals surface area contributed by atoms with Crippen molar-refractivity contribution in [2.45, 2.75) is 6.04 Å². The highest BCUT2D eigenvalue weighted by molar-refractivity contribution is 5.96. The number of aryl methyl sites for hydroxylation is 1. The van der Waals surface area contributed by atoms with E-state index in [1.807, 2.05) is 0 Å². The fourth-order valence-electron chi connectivity index (χ4n) is 1.75. The van der Waals surface area contributed by atoms with E-state index in [2.05, 4.69) is 5.10 Å². The normalized spacial score (nSPS) is 20.3. The van der Waals surface area contributed by atoms with Gasteiger partial charge in [0, 0.05) is 19.8 Å². The summed E-state index contributed by atoms with van der Waals surface area (Å²) in [7, 11) is 1.70. The van der Waals surface area contributed by atoms with E-state index in [1.165, 1.54) is 15.8 Å². The minimum absolute atomic E-state index is 0.0291. The molecule has 0 aromatic carbocycles. The predicted molar refractivity (Wildman–Crippen MR) is 56.5 cm³/mol. The van der Waals surface area contributed by atoms with E-state index in [0.717, 1.165) is 0 Å². The van der Waals surface area contributed by atoms with E-state index in [0.29, 0.717) is 12.2 Å². The molecule has 0 aliphatic carbocycles. The van der Waals surface area contributed by atoms with Gasteiger partial charge in [0.05, 0.1) is 25.0 Å². The van der Waals surface area contributed by atoms with Gasteiger partial charge in [-0.3, -0.25) is 9.48 Å². The van der Waals surface area contributed by atoms with Crippen LogP contribution >= 0.6 is 0 Å². The van der Waals surface area contributed by atoms with Crippen LogP contribution in [-0.4, -0.2) is 57.5 Å². The summed E-state index contributed by atoms with van der Waals surface area (Å²) < 4.78 is 6.57. The van der Waals surface area contributed by atoms with Crippen LogP contribution in [0, 0.1) is 0 Å². The molecule has 0 spiro atoms. The summed E-state index contributed by atoms with van der Waals surface area (Å²) in [6.45, 7) is 0.668. The molecular weight excluding hydrogens is 226 g/mol. The largest absolute Gasteiger partial charge is 0.480 e. The number of carboxylic acid groups (broad SMARTS) is 1. The van der Waals surface area contributed by atoms with Crippen molar-refractivity contribution in [1.29, 1.82) is 0 Å². The molecule has 0 saturated carbocycles. The first-order valence-corrected chi connectivity index (χ1v) is 5.20. The molecule has 1 saturated heterocycles. The average Bonchev–Trinajstić information content (AvgIpc) is 2.75. The average molecular weight is 239 g/mol. The van der Waals surface area contributed by atoms with Crippen LogP contribution in [0.5, 0.6) is 0 Å². The minimum atomic E-state index is -1.05. The lowest BCUT2D eigenvalue weighted by molar-refractivity contribution is -0.147. The number of hydrogen-bond acceptors (Lipinski definition) is 4. The molecule has 1 atom stereocenters. The van der Waals surface area contributed by atoms with Crippen LogP contribution in [-0.2, 0) is 16.6 Å². The molecule has 92 valence electrons. The maximum Gasteiger partial charge on any atom is 0.328 e. The van der Waals surface area contributed by atoms with Crippen molar-refractivity contribution in [3.8, 4) is 0 Å². The summed E-state index contributed by atoms with van der Waals surface area (Å²) in [6.07, 6.45) is 2.99. The second-order valence-electron chi connectivity index (χ2n) is 3.83. The van der Waals surface area contributed by atoms with Crippen molar-refractivity contribution >= 4 is 11.9 Å². The molecule has 1 N–H and O–H groups in total. The number of aliphatic carboxylic acids is 1. The Bertz CT molecular complexity index is 443. The molecular formula is C10H13N3O4. The lowest BCUT2D eigenvalue weighted by atomic mass is 10.2. The summed E-state index contributed by atoms with van der Waals surface area (Å²) >= 11 is 0. The van der Waals surface area contributed by atoms with Crippen LogP contribution in [0.4, 0.5) is 0 Å². The third-order valence-corrected chi connectivity index (χ3v) is 2.63. The Hall–Kier alpha value is -1.89. The lowest BCUT2D eigenvalue weighted by Crippen LogP contribution is -2.52. The minimum Gasteiger partial charge on any atom is -0.480 e. The third-order valence-electron chi connectivity index (χ3n) is 2.63. The van der Waals surface area contributed by atoms with E-state index in [1.54, 1.807) is 13.2 Å². The fourth-order valence-corrected chi connectivity index (χ4v) is 1.75. The predicted octanol–water partition coefficient (Wildman–Crippen LogP) is -0.654. The van der Waals surface area contributed by atoms with Crippen LogP contribution in [0.25, 0.3) is 0 Å². The second-order valence-corrected chi connectivity index (χ2v) is 3.83. The van der Waals surface area contributed by atoms with Crippen LogP contribution in [0.15, 0.2) is 12.4 Å². The van der Waals surface area contributed by atoms with Crippen molar-refractivity contribution in [2.75, 3.05) is 19.8 Å². The number of ether oxygens (including phenoxy) is 1. The number of amides is 1. The van der Waals surface area contributed by atoms with Crippen LogP contribution in [0.2, 0.25) is 0 Å². The van der Waals surface area contributed by atoms with E-state index >= 15 is 0 Å². The Kier molecular flexibility index (Phi) is 3.10. The zero-order valence-corrected chi connectivity index (χ0v) is 9.37. The number of morpholine rings is 1. The van der Waals surface area contributed by atoms with Gasteiger partial charge in [-0.2, -0.15) is 5.10 Å². The number of rotatable bonds is 2. The van der Waals surface area contributed by atoms with E-state index in [-0.39, 0.29) is 19.1 Å². The Morgan fingerprint density at radius 3 is 2.94 bits per heavy atom. The number of carboxylic acids is 1. The molecule has 1 fully saturated rings. The van der Waals surface area contributed by atoms with Crippen LogP contribution in [0.3, 0.4) is 0 Å². The Morgan fingerprint density at radius 1 is 1.59 bits per heavy atom. The van der Waals surface area contributed by atoms with Gasteiger partial charge in [0.2, 0.25) is 0 Å². The summed E-state index contributed by atoms with van der Waals surface area (Å²) in [6, 6.07) is -0.920. The highest BCUT2D eigenvalue weighted by Crippen LogP contribution is 2.12. The topological polar surface area (TPSA) is 84.7 Å². The van der Waals surface area contributed by atoms with Crippen molar-refractivity contribution in [2.24, 2.45) is 7.05 Å². The van der Waals surface area contributed by atoms with E-state index < -0.39 is 12.0 Å². The smallest absolute Gasteiger partial charge is 0.328 e. The first-order valence-electron chi connectivity index (χ1n) is 5.20. The molecule has 2 rings (SSSR count). The molecule has 1 aliphatic rings. The molecule has 7 heteroatoms. The highest BCUT2D eigenvalue weighted by Gasteiger charge is 2.33. The lowest BCUT2D eigenvalue weighted by Gasteiger charge is -2.32. The number of carbonyl (C=O) groups is 2. The zero-order valence-electron chi connectivity index (χ0n) is 9.37. The molecule has 0 radical (unpaired) electrons. The summed E-state index contributed by atoms with van der Waals surface area (Å²) in [5.41, 5.74) is 0.389. The van der Waals surface area contributed by atoms with Crippen molar-refractivity contribution in [3.63, 3.8) is 0 Å². The number of nitrogens with zero attached hydrogens (tertiary/aromatic N) is 3. The molecule has 1 amide bonds. The molecule has 1 aromatic rings. The maximum atomic E-state index is 12.1. The van der Waals surface area contributed by atoms with Crippen molar-refractivity contribution < 1.29 is 19.4 Å². The quantitative estimate of drug-likeness (QED) is 0.741. The van der Waals surface area contributed by atoms with Gasteiger partial charge < -0.3 is 14.7 Å². The Balaban J connectivity index is 2.19. The third kappa shape index (κ3) is 2.28. The SMILES string of the molecule is Cn1cc(C(=O)N2CCOCC2C(=O)O)cn1. The first-order chi connectivity index (χ1) is 8.09. The Morgan fingerprint density at radius 2 is 2.35 bits per heavy atom. The van der Waals surface area contributed by atoms with Gasteiger partial charge in [0.25, 0.3) is 5.91 Å². The summed E-state index contributed by atoms with van der Waals surface area (Å²) in [4.78, 5) is 24.4. The van der Waals surface area contributed by atoms with E-state index in [4.69, 9.17) is 9.84 Å². The second kappa shape index (κ2) is 4.54. The van der Waals surface area contributed by atoms with Gasteiger partial charge in [0.1, 0.15) is 0 Å². The molecule has 0 bridgehead atoms. The number of hydrogen-bond donors (Lipinski definition) is 1. The summed E-state index contributed by atoms with van der Waals surface area (Å²) in [5, 5.41) is 12.9. The van der Waals surface area contributed by atoms with Crippen LogP contribution < -0.4 is 0 Å². The van der Waals surface area contributed by atoms with Gasteiger partial charge >= 0.3 is 5.97 Å². The van der Waals surface area contributed by atoms with Crippen molar-refractivity contribution in [1.82, 2.24) is 14.7 Å². The standard InChI is InChI=1S/C10H13N3O4/c1-12-5-7(4-11-12)9(14)13-2-3-17-6-8(13)10(15)16/h4-5,8H,2-3,6H2,1H3,(H,15,16). The van der Waals surface area contributed by atoms with Crippen LogP contribution in [0.1, 0.15) is 10.4 Å². The molecule has 1 unspecified atom stereocenters. The van der Waals surface area contributed by atoms with Gasteiger partial charge in [-0.1, -0.05) is 0 Å². The van der Waals surface area contributed by atoms with Gasteiger partial charge in [-0.15, -0.1) is 0 Å². The molecule has 1 aromatic heterocycles. The summed E-state index contributed by atoms with van der Waals surface area (Å²) in [5.74, 6) is -1.38. The van der Waals surface area contributed by atoms with Gasteiger partial charge in [-0.05, 0) is 0 Å². The number of aromatic nitrogens is 2. The monoisotopic (exact) mass is 239 g/mol. The molecule has 2 heterocycles. The fraction of sp³-hybridized carbons (Fsp3) is 0.500. The van der Waals surface area contributed by atoms with Gasteiger partial charge in [0.15, 0.2) is 6.04 Å². The Labute approximate surface area is 97.6 Å². The maximum absolute atomic E-state index is 12.1. The highest BCUT2D eigenvalue weighted by atomic mass is 16.5.